The van der Waals surface area contributed by atoms with Gasteiger partial charge in [-0.2, -0.15) is 0 Å². The zero-order valence-electron chi connectivity index (χ0n) is 13.9. The number of hydrogen-bond donors (Lipinski definition) is 0. The number of allylic oxidation sites excluding steroid dienone is 4. The largest absolute Gasteiger partial charge is 1.00 e. The predicted molar refractivity (Wildman–Crippen MR) is 93.6 cm³/mol. The molecule has 0 aromatic heterocycles. The van der Waals surface area contributed by atoms with Crippen LogP contribution < -0.4 is 30.0 Å². The second-order valence-corrected chi connectivity index (χ2v) is 23.4. The van der Waals surface area contributed by atoms with Crippen LogP contribution >= 0.6 is 0 Å². The van der Waals surface area contributed by atoms with Gasteiger partial charge in [-0.3, -0.25) is 0 Å². The first-order chi connectivity index (χ1) is 10.6. The summed E-state index contributed by atoms with van der Waals surface area (Å²) in [6, 6.07) is 16.0. The fourth-order valence-corrected chi connectivity index (χ4v) is 16.9. The van der Waals surface area contributed by atoms with Crippen molar-refractivity contribution in [1.29, 1.82) is 0 Å². The van der Waals surface area contributed by atoms with Gasteiger partial charge in [0.2, 0.25) is 0 Å². The van der Waals surface area contributed by atoms with Crippen LogP contribution in [-0.4, -0.2) is 5.20 Å². The third-order valence-corrected chi connectivity index (χ3v) is 17.4. The van der Waals surface area contributed by atoms with Crippen molar-refractivity contribution in [2.75, 3.05) is 0 Å². The molecule has 0 saturated heterocycles. The third kappa shape index (κ3) is 3.58. The number of halogens is 2. The molecule has 2 aliphatic carbocycles. The quantitative estimate of drug-likeness (QED) is 0.431. The molecule has 2 aromatic rings. The van der Waals surface area contributed by atoms with E-state index in [4.69, 9.17) is 0 Å². The first kappa shape index (κ1) is 19.9. The summed E-state index contributed by atoms with van der Waals surface area (Å²) < 4.78 is 1.79. The van der Waals surface area contributed by atoms with Crippen molar-refractivity contribution in [3.63, 3.8) is 0 Å². The van der Waals surface area contributed by atoms with Crippen molar-refractivity contribution in [2.24, 2.45) is 0 Å². The number of hydrogen-bond acceptors (Lipinski definition) is 0. The SMILES string of the molecule is C[Si](C)([Zr+2][C]1=CC=CC1)c1cccc2c1Cc1ccccc1-2.[Cl-].[Cl-]. The van der Waals surface area contributed by atoms with Crippen LogP contribution in [-0.2, 0) is 28.8 Å². The molecule has 0 N–H and O–H groups in total. The maximum Gasteiger partial charge on any atom is -1.00 e. The maximum atomic E-state index is 2.61. The van der Waals surface area contributed by atoms with Gasteiger partial charge in [-0.05, 0) is 0 Å². The van der Waals surface area contributed by atoms with Crippen LogP contribution in [0.15, 0.2) is 64.0 Å². The van der Waals surface area contributed by atoms with Crippen LogP contribution in [0.5, 0.6) is 0 Å². The molecule has 0 saturated carbocycles. The topological polar surface area (TPSA) is 0 Å². The average Bonchev–Trinajstić information content (AvgIpc) is 3.13. The first-order valence-corrected chi connectivity index (χ1v) is 15.9. The van der Waals surface area contributed by atoms with E-state index in [2.05, 4.69) is 73.8 Å². The number of fused-ring (bicyclic) bond motifs is 3. The second-order valence-electron chi connectivity index (χ2n) is 6.74. The van der Waals surface area contributed by atoms with Gasteiger partial charge in [0.05, 0.1) is 0 Å². The van der Waals surface area contributed by atoms with E-state index in [1.165, 1.54) is 23.1 Å². The smallest absolute Gasteiger partial charge is 1.00 e. The van der Waals surface area contributed by atoms with Crippen LogP contribution in [0.1, 0.15) is 17.5 Å². The molecule has 2 aromatic carbocycles. The van der Waals surface area contributed by atoms with Gasteiger partial charge in [0.15, 0.2) is 0 Å². The Hall–Kier alpha value is -0.400. The molecule has 0 bridgehead atoms. The van der Waals surface area contributed by atoms with Crippen molar-refractivity contribution < 1.29 is 47.2 Å². The molecule has 0 unspecified atom stereocenters. The summed E-state index contributed by atoms with van der Waals surface area (Å²) in [4.78, 5) is 0. The fourth-order valence-electron chi connectivity index (χ4n) is 3.75. The minimum Gasteiger partial charge on any atom is -1.00 e. The Balaban J connectivity index is 0.00000104. The molecular weight excluding hydrogens is 430 g/mol. The Labute approximate surface area is 168 Å². The molecule has 0 atom stereocenters. The third-order valence-electron chi connectivity index (χ3n) is 4.77. The molecule has 0 radical (unpaired) electrons. The second kappa shape index (κ2) is 7.87. The van der Waals surface area contributed by atoms with E-state index in [1.54, 1.807) is 14.0 Å². The van der Waals surface area contributed by atoms with Gasteiger partial charge >= 0.3 is 145 Å². The molecule has 0 aliphatic heterocycles. The van der Waals surface area contributed by atoms with Gasteiger partial charge in [0, 0.05) is 0 Å². The Morgan fingerprint density at radius 2 is 1.67 bits per heavy atom. The van der Waals surface area contributed by atoms with E-state index in [0.29, 0.717) is 0 Å². The minimum absolute atomic E-state index is 0. The Morgan fingerprint density at radius 1 is 0.917 bits per heavy atom. The average molecular weight is 451 g/mol. The molecule has 4 heteroatoms. The van der Waals surface area contributed by atoms with Crippen molar-refractivity contribution in [1.82, 2.24) is 0 Å². The van der Waals surface area contributed by atoms with E-state index in [1.807, 2.05) is 0 Å². The normalized spacial score (nSPS) is 14.0. The summed E-state index contributed by atoms with van der Waals surface area (Å²) in [6.07, 6.45) is 9.36. The van der Waals surface area contributed by atoms with E-state index < -0.39 is 27.6 Å². The summed E-state index contributed by atoms with van der Waals surface area (Å²) in [5, 5.41) is 0.458. The Bertz CT molecular complexity index is 809. The molecule has 122 valence electrons. The van der Waals surface area contributed by atoms with Crippen LogP contribution in [0.25, 0.3) is 11.1 Å². The zero-order valence-corrected chi connectivity index (χ0v) is 18.9. The van der Waals surface area contributed by atoms with E-state index >= 15 is 0 Å². The van der Waals surface area contributed by atoms with E-state index in [9.17, 15) is 0 Å². The standard InChI is InChI=1S/C15H15Si.C5H5.2ClH.Zr/c1-16(2)15-9-5-8-13-12-7-4-3-6-11(12)10-14(13)15;1-2-4-5-3-1;;;/h3-9H,10H2,1-2H3;1-3H,4H2;2*1H;/q;;;;+2/p-2. The summed E-state index contributed by atoms with van der Waals surface area (Å²) in [7, 11) is 0. The molecule has 0 spiro atoms. The molecule has 0 amide bonds. The van der Waals surface area contributed by atoms with Crippen LogP contribution in [0.4, 0.5) is 0 Å². The Kier molecular flexibility index (Phi) is 6.53. The fraction of sp³-hybridized carbons (Fsp3) is 0.200. The van der Waals surface area contributed by atoms with Gasteiger partial charge in [-0.1, -0.05) is 0 Å². The molecule has 24 heavy (non-hydrogen) atoms. The molecule has 0 fully saturated rings. The predicted octanol–water partition coefficient (Wildman–Crippen LogP) is -1.40. The monoisotopic (exact) mass is 448 g/mol. The van der Waals surface area contributed by atoms with E-state index in [-0.39, 0.29) is 24.8 Å². The van der Waals surface area contributed by atoms with Crippen LogP contribution in [0.3, 0.4) is 0 Å². The Morgan fingerprint density at radius 3 is 2.42 bits per heavy atom. The molecular formula is C20H20Cl2SiZr. The summed E-state index contributed by atoms with van der Waals surface area (Å²) in [5.41, 5.74) is 6.14. The zero-order chi connectivity index (χ0) is 15.2. The number of benzene rings is 2. The van der Waals surface area contributed by atoms with E-state index in [0.717, 1.165) is 6.42 Å². The molecule has 0 nitrogen and oxygen atoms in total. The first-order valence-electron chi connectivity index (χ1n) is 8.00. The molecule has 2 aliphatic rings. The maximum absolute atomic E-state index is 2.61. The molecule has 0 heterocycles. The van der Waals surface area contributed by atoms with Crippen molar-refractivity contribution >= 4 is 10.4 Å². The van der Waals surface area contributed by atoms with Crippen molar-refractivity contribution in [2.45, 2.75) is 25.9 Å². The van der Waals surface area contributed by atoms with Gasteiger partial charge in [-0.25, -0.2) is 0 Å². The van der Waals surface area contributed by atoms with Crippen LogP contribution in [0.2, 0.25) is 13.1 Å². The van der Waals surface area contributed by atoms with Gasteiger partial charge in [0.25, 0.3) is 0 Å². The van der Waals surface area contributed by atoms with Gasteiger partial charge in [-0.15, -0.1) is 0 Å². The van der Waals surface area contributed by atoms with Gasteiger partial charge < -0.3 is 24.8 Å². The van der Waals surface area contributed by atoms with Gasteiger partial charge in [0.1, 0.15) is 0 Å². The summed E-state index contributed by atoms with van der Waals surface area (Å²) >= 11 is -0.471. The van der Waals surface area contributed by atoms with Crippen LogP contribution in [0, 0.1) is 0 Å². The summed E-state index contributed by atoms with van der Waals surface area (Å²) in [5.74, 6) is 0. The minimum atomic E-state index is -1.28. The van der Waals surface area contributed by atoms with Crippen molar-refractivity contribution in [3.05, 3.63) is 75.1 Å². The molecule has 4 rings (SSSR count). The summed E-state index contributed by atoms with van der Waals surface area (Å²) in [6.45, 7) is 5.22. The number of rotatable bonds is 3. The van der Waals surface area contributed by atoms with Crippen molar-refractivity contribution in [3.8, 4) is 11.1 Å².